The largest absolute Gasteiger partial charge is 0.0841 e. The molecule has 0 N–H and O–H groups in total. The molecule has 0 heterocycles. The van der Waals surface area contributed by atoms with Crippen molar-refractivity contribution < 1.29 is 0 Å². The van der Waals surface area contributed by atoms with Gasteiger partial charge in [-0.2, -0.15) is 0 Å². The van der Waals surface area contributed by atoms with Crippen molar-refractivity contribution in [2.24, 2.45) is 0 Å². The molecule has 0 saturated carbocycles. The summed E-state index contributed by atoms with van der Waals surface area (Å²) in [6.45, 7) is 8.81. The maximum absolute atomic E-state index is 2.40. The molecule has 0 aliphatic heterocycles. The Balaban J connectivity index is 3.08. The van der Waals surface area contributed by atoms with E-state index >= 15 is 0 Å². The normalized spacial score (nSPS) is 11.9. The van der Waals surface area contributed by atoms with Gasteiger partial charge in [0.05, 0.1) is 0 Å². The third kappa shape index (κ3) is 3.23. The fourth-order valence-electron chi connectivity index (χ4n) is 2.11. The molecule has 0 nitrogen and oxygen atoms in total. The zero-order chi connectivity index (χ0) is 12.0. The molecular formula is C16H24. The van der Waals surface area contributed by atoms with Gasteiger partial charge in [-0.25, -0.2) is 0 Å². The Morgan fingerprint density at radius 3 is 2.38 bits per heavy atom. The molecule has 0 aliphatic rings. The summed E-state index contributed by atoms with van der Waals surface area (Å²) in [6, 6.07) is 6.98. The van der Waals surface area contributed by atoms with Crippen molar-refractivity contribution in [3.8, 4) is 0 Å². The molecule has 0 aliphatic carbocycles. The van der Waals surface area contributed by atoms with Crippen LogP contribution in [-0.4, -0.2) is 0 Å². The highest BCUT2D eigenvalue weighted by molar-refractivity contribution is 5.66. The SMILES string of the molecule is C/C=C(/C)c1ccc(CCC)cc1CCC. The second-order valence-electron chi connectivity index (χ2n) is 4.46. The van der Waals surface area contributed by atoms with Crippen molar-refractivity contribution in [3.63, 3.8) is 0 Å². The molecule has 0 spiro atoms. The highest BCUT2D eigenvalue weighted by Gasteiger charge is 2.04. The second-order valence-corrected chi connectivity index (χ2v) is 4.46. The summed E-state index contributed by atoms with van der Waals surface area (Å²) in [7, 11) is 0. The standard InChI is InChI=1S/C16H24/c1-5-8-14-10-11-16(13(4)7-3)15(12-14)9-6-2/h7,10-12H,5-6,8-9H2,1-4H3/b13-7-. The Labute approximate surface area is 100 Å². The smallest absolute Gasteiger partial charge is 0.0198 e. The lowest BCUT2D eigenvalue weighted by Gasteiger charge is -2.11. The van der Waals surface area contributed by atoms with Gasteiger partial charge in [0, 0.05) is 0 Å². The average molecular weight is 216 g/mol. The van der Waals surface area contributed by atoms with Gasteiger partial charge in [0.2, 0.25) is 0 Å². The first kappa shape index (κ1) is 13.0. The lowest BCUT2D eigenvalue weighted by Crippen LogP contribution is -1.95. The van der Waals surface area contributed by atoms with E-state index in [-0.39, 0.29) is 0 Å². The van der Waals surface area contributed by atoms with E-state index in [2.05, 4.69) is 52.0 Å². The van der Waals surface area contributed by atoms with Crippen LogP contribution in [0, 0.1) is 0 Å². The van der Waals surface area contributed by atoms with E-state index in [9.17, 15) is 0 Å². The molecular weight excluding hydrogens is 192 g/mol. The predicted molar refractivity (Wildman–Crippen MR) is 73.8 cm³/mol. The number of benzene rings is 1. The zero-order valence-corrected chi connectivity index (χ0v) is 11.1. The van der Waals surface area contributed by atoms with E-state index < -0.39 is 0 Å². The third-order valence-electron chi connectivity index (χ3n) is 3.09. The maximum atomic E-state index is 2.40. The Morgan fingerprint density at radius 2 is 1.81 bits per heavy atom. The first-order valence-corrected chi connectivity index (χ1v) is 6.48. The highest BCUT2D eigenvalue weighted by Crippen LogP contribution is 2.22. The molecule has 1 rings (SSSR count). The lowest BCUT2D eigenvalue weighted by atomic mass is 9.94. The van der Waals surface area contributed by atoms with Crippen molar-refractivity contribution in [2.75, 3.05) is 0 Å². The van der Waals surface area contributed by atoms with Gasteiger partial charge in [-0.3, -0.25) is 0 Å². The van der Waals surface area contributed by atoms with Gasteiger partial charge in [0.25, 0.3) is 0 Å². The minimum Gasteiger partial charge on any atom is -0.0841 e. The maximum Gasteiger partial charge on any atom is -0.0198 e. The summed E-state index contributed by atoms with van der Waals surface area (Å²) in [4.78, 5) is 0. The molecule has 0 radical (unpaired) electrons. The van der Waals surface area contributed by atoms with Crippen molar-refractivity contribution in [1.82, 2.24) is 0 Å². The first-order chi connectivity index (χ1) is 7.72. The fourth-order valence-corrected chi connectivity index (χ4v) is 2.11. The average Bonchev–Trinajstić information content (AvgIpc) is 2.29. The molecule has 0 atom stereocenters. The fraction of sp³-hybridized carbons (Fsp3) is 0.500. The minimum absolute atomic E-state index is 1.19. The van der Waals surface area contributed by atoms with Crippen LogP contribution >= 0.6 is 0 Å². The van der Waals surface area contributed by atoms with E-state index in [1.54, 1.807) is 0 Å². The second kappa shape index (κ2) is 6.52. The van der Waals surface area contributed by atoms with Gasteiger partial charge < -0.3 is 0 Å². The number of hydrogen-bond acceptors (Lipinski definition) is 0. The van der Waals surface area contributed by atoms with Gasteiger partial charge in [-0.15, -0.1) is 0 Å². The Morgan fingerprint density at radius 1 is 1.12 bits per heavy atom. The molecule has 0 unspecified atom stereocenters. The van der Waals surface area contributed by atoms with Crippen LogP contribution in [-0.2, 0) is 12.8 Å². The third-order valence-corrected chi connectivity index (χ3v) is 3.09. The van der Waals surface area contributed by atoms with E-state index in [4.69, 9.17) is 0 Å². The van der Waals surface area contributed by atoms with E-state index in [0.29, 0.717) is 0 Å². The van der Waals surface area contributed by atoms with Crippen LogP contribution in [0.4, 0.5) is 0 Å². The molecule has 1 aromatic carbocycles. The van der Waals surface area contributed by atoms with Crippen molar-refractivity contribution in [3.05, 3.63) is 41.0 Å². The van der Waals surface area contributed by atoms with E-state index in [1.807, 2.05) is 0 Å². The summed E-state index contributed by atoms with van der Waals surface area (Å²) in [5.41, 5.74) is 5.83. The van der Waals surface area contributed by atoms with Crippen LogP contribution in [0.5, 0.6) is 0 Å². The van der Waals surface area contributed by atoms with Gasteiger partial charge in [-0.1, -0.05) is 51.0 Å². The van der Waals surface area contributed by atoms with Crippen LogP contribution in [0.25, 0.3) is 5.57 Å². The van der Waals surface area contributed by atoms with Crippen LogP contribution in [0.1, 0.15) is 57.2 Å². The zero-order valence-electron chi connectivity index (χ0n) is 11.1. The highest BCUT2D eigenvalue weighted by atomic mass is 14.1. The molecule has 0 bridgehead atoms. The molecule has 0 saturated heterocycles. The molecule has 0 fully saturated rings. The number of aryl methyl sites for hydroxylation is 2. The number of rotatable bonds is 5. The van der Waals surface area contributed by atoms with E-state index in [1.165, 1.54) is 47.9 Å². The summed E-state index contributed by atoms with van der Waals surface area (Å²) in [6.07, 6.45) is 7.05. The van der Waals surface area contributed by atoms with Crippen LogP contribution in [0.3, 0.4) is 0 Å². The summed E-state index contributed by atoms with van der Waals surface area (Å²) in [5.74, 6) is 0. The van der Waals surface area contributed by atoms with Crippen molar-refractivity contribution in [1.29, 1.82) is 0 Å². The molecule has 1 aromatic rings. The predicted octanol–water partition coefficient (Wildman–Crippen LogP) is 5.01. The molecule has 0 aromatic heterocycles. The Kier molecular flexibility index (Phi) is 5.31. The quantitative estimate of drug-likeness (QED) is 0.648. The van der Waals surface area contributed by atoms with Crippen molar-refractivity contribution in [2.45, 2.75) is 53.4 Å². The molecule has 0 heteroatoms. The van der Waals surface area contributed by atoms with Crippen LogP contribution in [0.15, 0.2) is 24.3 Å². The topological polar surface area (TPSA) is 0 Å². The summed E-state index contributed by atoms with van der Waals surface area (Å²) in [5, 5.41) is 0. The van der Waals surface area contributed by atoms with Crippen molar-refractivity contribution >= 4 is 5.57 Å². The monoisotopic (exact) mass is 216 g/mol. The van der Waals surface area contributed by atoms with E-state index in [0.717, 1.165) is 0 Å². The van der Waals surface area contributed by atoms with Gasteiger partial charge >= 0.3 is 0 Å². The Hall–Kier alpha value is -1.04. The number of hydrogen-bond donors (Lipinski definition) is 0. The van der Waals surface area contributed by atoms with Gasteiger partial charge in [0.15, 0.2) is 0 Å². The Bertz CT molecular complexity index is 358. The van der Waals surface area contributed by atoms with Gasteiger partial charge in [0.1, 0.15) is 0 Å². The first-order valence-electron chi connectivity index (χ1n) is 6.48. The lowest BCUT2D eigenvalue weighted by molar-refractivity contribution is 0.892. The molecule has 88 valence electrons. The molecule has 16 heavy (non-hydrogen) atoms. The van der Waals surface area contributed by atoms with Crippen LogP contribution in [0.2, 0.25) is 0 Å². The number of allylic oxidation sites excluding steroid dienone is 2. The summed E-state index contributed by atoms with van der Waals surface area (Å²) >= 11 is 0. The van der Waals surface area contributed by atoms with Crippen LogP contribution < -0.4 is 0 Å². The minimum atomic E-state index is 1.19. The summed E-state index contributed by atoms with van der Waals surface area (Å²) < 4.78 is 0. The molecule has 0 amide bonds. The van der Waals surface area contributed by atoms with Gasteiger partial charge in [-0.05, 0) is 49.0 Å².